The van der Waals surface area contributed by atoms with E-state index in [0.29, 0.717) is 10.7 Å². The number of benzene rings is 1. The van der Waals surface area contributed by atoms with Crippen LogP contribution in [0.1, 0.15) is 12.5 Å². The summed E-state index contributed by atoms with van der Waals surface area (Å²) in [5.41, 5.74) is 1.18. The van der Waals surface area contributed by atoms with E-state index in [-0.39, 0.29) is 11.7 Å². The predicted octanol–water partition coefficient (Wildman–Crippen LogP) is 3.66. The molecule has 0 saturated heterocycles. The summed E-state index contributed by atoms with van der Waals surface area (Å²) in [4.78, 5) is 15.4. The highest BCUT2D eigenvalue weighted by molar-refractivity contribution is 7.15. The van der Waals surface area contributed by atoms with Gasteiger partial charge in [-0.2, -0.15) is 9.38 Å². The van der Waals surface area contributed by atoms with Crippen molar-refractivity contribution in [2.75, 3.05) is 0 Å². The number of hydrogen-bond donors (Lipinski definition) is 0. The molecule has 0 aliphatic rings. The summed E-state index contributed by atoms with van der Waals surface area (Å²) in [6.07, 6.45) is 2.54. The van der Waals surface area contributed by atoms with Crippen LogP contribution >= 0.6 is 11.3 Å². The maximum absolute atomic E-state index is 11.2. The van der Waals surface area contributed by atoms with Gasteiger partial charge in [0.15, 0.2) is 0 Å². The van der Waals surface area contributed by atoms with Gasteiger partial charge in [0.05, 0.1) is 0 Å². The molecule has 0 saturated carbocycles. The van der Waals surface area contributed by atoms with Crippen molar-refractivity contribution in [2.45, 2.75) is 13.3 Å². The molecule has 3 rings (SSSR count). The van der Waals surface area contributed by atoms with E-state index in [0.717, 1.165) is 6.42 Å². The second-order valence-corrected chi connectivity index (χ2v) is 5.03. The Morgan fingerprint density at radius 2 is 2.15 bits per heavy atom. The summed E-state index contributed by atoms with van der Waals surface area (Å²) in [5.74, 6) is 0.406. The number of fused-ring (bicyclic) bond motifs is 1. The van der Waals surface area contributed by atoms with Gasteiger partial charge in [0.25, 0.3) is 4.96 Å². The van der Waals surface area contributed by atoms with Crippen LogP contribution in [0, 0.1) is 10.1 Å². The smallest absolute Gasteiger partial charge is 0.393 e. The van der Waals surface area contributed by atoms with E-state index in [1.54, 1.807) is 23.7 Å². The molecule has 0 radical (unpaired) electrons. The quantitative estimate of drug-likeness (QED) is 0.543. The van der Waals surface area contributed by atoms with Gasteiger partial charge in [-0.05, 0) is 29.0 Å². The first-order valence-electron chi connectivity index (χ1n) is 6.05. The van der Waals surface area contributed by atoms with Crippen LogP contribution in [0.15, 0.2) is 35.8 Å². The van der Waals surface area contributed by atoms with Gasteiger partial charge in [-0.3, -0.25) is 0 Å². The number of aryl methyl sites for hydroxylation is 1. The molecule has 1 aromatic carbocycles. The molecule has 0 N–H and O–H groups in total. The third kappa shape index (κ3) is 2.12. The standard InChI is InChI=1S/C13H11N3O3S/c1-2-9-3-5-10(6-4-9)19-11-12(16(17)18)15-7-8-20-13(15)14-11/h3-8H,2H2,1H3. The van der Waals surface area contributed by atoms with Crippen molar-refractivity contribution in [2.24, 2.45) is 0 Å². The van der Waals surface area contributed by atoms with Gasteiger partial charge in [-0.15, -0.1) is 0 Å². The average Bonchev–Trinajstić information content (AvgIpc) is 2.99. The third-order valence-electron chi connectivity index (χ3n) is 2.93. The zero-order chi connectivity index (χ0) is 14.1. The second-order valence-electron chi connectivity index (χ2n) is 4.15. The van der Waals surface area contributed by atoms with E-state index in [9.17, 15) is 10.1 Å². The first-order valence-corrected chi connectivity index (χ1v) is 6.93. The first-order chi connectivity index (χ1) is 9.69. The van der Waals surface area contributed by atoms with Crippen molar-refractivity contribution in [1.29, 1.82) is 0 Å². The van der Waals surface area contributed by atoms with E-state index in [2.05, 4.69) is 11.9 Å². The summed E-state index contributed by atoms with van der Waals surface area (Å²) in [6.45, 7) is 2.06. The molecular weight excluding hydrogens is 278 g/mol. The van der Waals surface area contributed by atoms with Crippen LogP contribution in [-0.4, -0.2) is 14.3 Å². The second kappa shape index (κ2) is 4.93. The molecule has 0 bridgehead atoms. The third-order valence-corrected chi connectivity index (χ3v) is 3.68. The van der Waals surface area contributed by atoms with Crippen molar-refractivity contribution >= 4 is 22.1 Å². The van der Waals surface area contributed by atoms with Crippen LogP contribution in [0.2, 0.25) is 0 Å². The molecule has 0 atom stereocenters. The minimum Gasteiger partial charge on any atom is -0.433 e. The van der Waals surface area contributed by atoms with E-state index in [1.807, 2.05) is 12.1 Å². The van der Waals surface area contributed by atoms with Crippen molar-refractivity contribution < 1.29 is 9.66 Å². The SMILES string of the molecule is CCc1ccc(Oc2nc3sccn3c2[N+](=O)[O-])cc1. The monoisotopic (exact) mass is 289 g/mol. The summed E-state index contributed by atoms with van der Waals surface area (Å²) in [6, 6.07) is 7.44. The highest BCUT2D eigenvalue weighted by Crippen LogP contribution is 2.33. The van der Waals surface area contributed by atoms with E-state index < -0.39 is 4.92 Å². The fraction of sp³-hybridized carbons (Fsp3) is 0.154. The van der Waals surface area contributed by atoms with Crippen molar-refractivity contribution in [3.8, 4) is 11.6 Å². The maximum atomic E-state index is 11.2. The lowest BCUT2D eigenvalue weighted by Crippen LogP contribution is -1.95. The lowest BCUT2D eigenvalue weighted by Gasteiger charge is -2.03. The summed E-state index contributed by atoms with van der Waals surface area (Å²) >= 11 is 1.32. The van der Waals surface area contributed by atoms with Crippen LogP contribution in [0.3, 0.4) is 0 Å². The summed E-state index contributed by atoms with van der Waals surface area (Å²) < 4.78 is 6.96. The molecule has 0 unspecified atom stereocenters. The topological polar surface area (TPSA) is 69.7 Å². The molecule has 2 heterocycles. The molecule has 0 spiro atoms. The van der Waals surface area contributed by atoms with Crippen LogP contribution in [0.4, 0.5) is 5.82 Å². The Hall–Kier alpha value is -2.41. The van der Waals surface area contributed by atoms with Crippen LogP contribution in [0.25, 0.3) is 4.96 Å². The molecule has 20 heavy (non-hydrogen) atoms. The first kappa shape index (κ1) is 12.6. The van der Waals surface area contributed by atoms with Gasteiger partial charge in [0.1, 0.15) is 11.9 Å². The minimum atomic E-state index is -0.484. The van der Waals surface area contributed by atoms with Gasteiger partial charge in [-0.25, -0.2) is 0 Å². The zero-order valence-corrected chi connectivity index (χ0v) is 11.5. The van der Waals surface area contributed by atoms with Crippen LogP contribution < -0.4 is 4.74 Å². The Balaban J connectivity index is 1.98. The fourth-order valence-corrected chi connectivity index (χ4v) is 2.59. The zero-order valence-electron chi connectivity index (χ0n) is 10.6. The Bertz CT molecular complexity index is 761. The van der Waals surface area contributed by atoms with Crippen LogP contribution in [0.5, 0.6) is 11.6 Å². The average molecular weight is 289 g/mol. The van der Waals surface area contributed by atoms with E-state index >= 15 is 0 Å². The maximum Gasteiger partial charge on any atom is 0.393 e. The predicted molar refractivity (Wildman–Crippen MR) is 75.6 cm³/mol. The molecule has 102 valence electrons. The number of aromatic nitrogens is 2. The highest BCUT2D eigenvalue weighted by Gasteiger charge is 2.25. The van der Waals surface area contributed by atoms with Gasteiger partial charge in [0.2, 0.25) is 0 Å². The van der Waals surface area contributed by atoms with E-state index in [4.69, 9.17) is 4.74 Å². The minimum absolute atomic E-state index is 0.0195. The van der Waals surface area contributed by atoms with Gasteiger partial charge in [-0.1, -0.05) is 30.4 Å². The highest BCUT2D eigenvalue weighted by atomic mass is 32.1. The van der Waals surface area contributed by atoms with Gasteiger partial charge in [0, 0.05) is 5.38 Å². The summed E-state index contributed by atoms with van der Waals surface area (Å²) in [5, 5.41) is 12.9. The largest absolute Gasteiger partial charge is 0.433 e. The van der Waals surface area contributed by atoms with Crippen molar-refractivity contribution in [1.82, 2.24) is 9.38 Å². The Morgan fingerprint density at radius 3 is 2.80 bits per heavy atom. The normalized spacial score (nSPS) is 10.8. The molecule has 0 amide bonds. The molecule has 0 aliphatic carbocycles. The van der Waals surface area contributed by atoms with Gasteiger partial charge < -0.3 is 14.9 Å². The number of imidazole rings is 1. The Morgan fingerprint density at radius 1 is 1.40 bits per heavy atom. The summed E-state index contributed by atoms with van der Waals surface area (Å²) in [7, 11) is 0. The number of hydrogen-bond acceptors (Lipinski definition) is 5. The number of rotatable bonds is 4. The molecule has 6 nitrogen and oxygen atoms in total. The molecule has 7 heteroatoms. The number of nitrogens with zero attached hydrogens (tertiary/aromatic N) is 3. The fourth-order valence-electron chi connectivity index (χ4n) is 1.89. The molecule has 0 aliphatic heterocycles. The lowest BCUT2D eigenvalue weighted by molar-refractivity contribution is -0.391. The molecule has 2 aromatic heterocycles. The van der Waals surface area contributed by atoms with Crippen LogP contribution in [-0.2, 0) is 6.42 Å². The van der Waals surface area contributed by atoms with Crippen molar-refractivity contribution in [3.63, 3.8) is 0 Å². The van der Waals surface area contributed by atoms with Crippen molar-refractivity contribution in [3.05, 3.63) is 51.5 Å². The number of nitro groups is 1. The lowest BCUT2D eigenvalue weighted by atomic mass is 10.2. The molecule has 3 aromatic rings. The molecule has 0 fully saturated rings. The van der Waals surface area contributed by atoms with Gasteiger partial charge >= 0.3 is 11.7 Å². The number of ether oxygens (including phenoxy) is 1. The molecular formula is C13H11N3O3S. The van der Waals surface area contributed by atoms with E-state index in [1.165, 1.54) is 21.3 Å². The Labute approximate surface area is 118 Å². The Kier molecular flexibility index (Phi) is 3.11. The number of thiazole rings is 1.